The molecule has 0 spiro atoms. The molecule has 1 amide bonds. The number of carbonyl (C=O) groups excluding carboxylic acids is 1. The van der Waals surface area contributed by atoms with Crippen LogP contribution in [-0.2, 0) is 0 Å². The van der Waals surface area contributed by atoms with Gasteiger partial charge in [-0.15, -0.1) is 5.10 Å². The number of likely N-dealkylation sites (tertiary alicyclic amines) is 1. The summed E-state index contributed by atoms with van der Waals surface area (Å²) in [6.07, 6.45) is 2.43. The van der Waals surface area contributed by atoms with Crippen LogP contribution in [0.4, 0.5) is 4.39 Å². The van der Waals surface area contributed by atoms with E-state index in [1.54, 1.807) is 15.8 Å². The molecule has 10 heteroatoms. The first-order chi connectivity index (χ1) is 15.1. The Morgan fingerprint density at radius 3 is 2.84 bits per heavy atom. The third-order valence-corrected chi connectivity index (χ3v) is 5.49. The molecule has 1 saturated heterocycles. The molecule has 5 rings (SSSR count). The average molecular weight is 439 g/mol. The Hall–Kier alpha value is -3.59. The van der Waals surface area contributed by atoms with Gasteiger partial charge in [0.15, 0.2) is 5.69 Å². The van der Waals surface area contributed by atoms with Gasteiger partial charge in [-0.2, -0.15) is 4.98 Å². The highest BCUT2D eigenvalue weighted by Gasteiger charge is 2.30. The summed E-state index contributed by atoms with van der Waals surface area (Å²) in [6, 6.07) is 13.2. The maximum Gasteiger partial charge on any atom is 0.280 e. The van der Waals surface area contributed by atoms with Crippen molar-refractivity contribution >= 4 is 17.5 Å². The second kappa shape index (κ2) is 7.92. The van der Waals surface area contributed by atoms with E-state index in [0.717, 1.165) is 11.6 Å². The second-order valence-corrected chi connectivity index (χ2v) is 7.60. The molecule has 0 bridgehead atoms. The molecule has 1 aliphatic rings. The molecule has 0 aliphatic carbocycles. The van der Waals surface area contributed by atoms with Gasteiger partial charge in [0, 0.05) is 18.7 Å². The molecule has 0 saturated carbocycles. The monoisotopic (exact) mass is 438 g/mol. The number of nitrogens with zero attached hydrogens (tertiary/aromatic N) is 6. The van der Waals surface area contributed by atoms with Gasteiger partial charge in [-0.3, -0.25) is 4.79 Å². The Morgan fingerprint density at radius 1 is 1.19 bits per heavy atom. The largest absolute Gasteiger partial charge is 0.336 e. The predicted octanol–water partition coefficient (Wildman–Crippen LogP) is 3.87. The fourth-order valence-electron chi connectivity index (χ4n) is 3.56. The van der Waals surface area contributed by atoms with Crippen LogP contribution < -0.4 is 0 Å². The molecule has 156 valence electrons. The van der Waals surface area contributed by atoms with Gasteiger partial charge < -0.3 is 9.42 Å². The standard InChI is InChI=1S/C21H16ClFN6O2/c22-17-10-14(23)6-7-16(17)21(30)28-9-8-15(11-28)29-12-18(25-27-29)20-24-19(26-31-20)13-4-2-1-3-5-13/h1-7,10,12,15H,8-9,11H2/t15-/m0/s1. The maximum atomic E-state index is 13.3. The number of carbonyl (C=O) groups is 1. The van der Waals surface area contributed by atoms with Crippen molar-refractivity contribution in [2.75, 3.05) is 13.1 Å². The molecule has 2 aromatic carbocycles. The quantitative estimate of drug-likeness (QED) is 0.480. The molecular formula is C21H16ClFN6O2. The average Bonchev–Trinajstić information content (AvgIpc) is 3.54. The highest BCUT2D eigenvalue weighted by atomic mass is 35.5. The fourth-order valence-corrected chi connectivity index (χ4v) is 3.81. The van der Waals surface area contributed by atoms with Gasteiger partial charge in [-0.05, 0) is 24.6 Å². The first-order valence-corrected chi connectivity index (χ1v) is 10.0. The van der Waals surface area contributed by atoms with Crippen molar-refractivity contribution in [2.45, 2.75) is 12.5 Å². The lowest BCUT2D eigenvalue weighted by Gasteiger charge is -2.17. The topological polar surface area (TPSA) is 89.9 Å². The number of halogens is 2. The smallest absolute Gasteiger partial charge is 0.280 e. The van der Waals surface area contributed by atoms with E-state index in [9.17, 15) is 9.18 Å². The van der Waals surface area contributed by atoms with Crippen LogP contribution in [-0.4, -0.2) is 49.0 Å². The molecule has 0 N–H and O–H groups in total. The van der Waals surface area contributed by atoms with Crippen LogP contribution in [0.25, 0.3) is 23.0 Å². The van der Waals surface area contributed by atoms with E-state index < -0.39 is 5.82 Å². The first kappa shape index (κ1) is 19.4. The Labute approximate surface area is 181 Å². The van der Waals surface area contributed by atoms with Crippen molar-refractivity contribution in [2.24, 2.45) is 0 Å². The van der Waals surface area contributed by atoms with E-state index >= 15 is 0 Å². The minimum Gasteiger partial charge on any atom is -0.336 e. The minimum atomic E-state index is -0.479. The van der Waals surface area contributed by atoms with Crippen molar-refractivity contribution in [3.63, 3.8) is 0 Å². The van der Waals surface area contributed by atoms with Gasteiger partial charge in [0.05, 0.1) is 22.8 Å². The lowest BCUT2D eigenvalue weighted by Crippen LogP contribution is -2.29. The van der Waals surface area contributed by atoms with Gasteiger partial charge >= 0.3 is 0 Å². The van der Waals surface area contributed by atoms with Gasteiger partial charge in [-0.25, -0.2) is 9.07 Å². The van der Waals surface area contributed by atoms with Gasteiger partial charge in [0.25, 0.3) is 11.8 Å². The maximum absolute atomic E-state index is 13.3. The molecule has 1 atom stereocenters. The first-order valence-electron chi connectivity index (χ1n) is 9.64. The Kier molecular flexibility index (Phi) is 4.95. The molecule has 1 aliphatic heterocycles. The van der Waals surface area contributed by atoms with E-state index in [0.29, 0.717) is 31.0 Å². The van der Waals surface area contributed by atoms with Gasteiger partial charge in [0.2, 0.25) is 5.82 Å². The lowest BCUT2D eigenvalue weighted by molar-refractivity contribution is 0.0787. The number of hydrogen-bond acceptors (Lipinski definition) is 6. The van der Waals surface area contributed by atoms with Crippen molar-refractivity contribution in [1.82, 2.24) is 30.0 Å². The van der Waals surface area contributed by atoms with Crippen LogP contribution in [0.3, 0.4) is 0 Å². The normalized spacial score (nSPS) is 16.1. The highest BCUT2D eigenvalue weighted by molar-refractivity contribution is 6.33. The fraction of sp³-hybridized carbons (Fsp3) is 0.190. The molecule has 0 unspecified atom stereocenters. The molecule has 31 heavy (non-hydrogen) atoms. The summed E-state index contributed by atoms with van der Waals surface area (Å²) in [4.78, 5) is 18.8. The molecule has 8 nitrogen and oxygen atoms in total. The zero-order valence-corrected chi connectivity index (χ0v) is 16.9. The zero-order chi connectivity index (χ0) is 21.4. The SMILES string of the molecule is O=C(c1ccc(F)cc1Cl)N1CC[C@H](n2cc(-c3nc(-c4ccccc4)no3)nn2)C1. The Morgan fingerprint density at radius 2 is 2.03 bits per heavy atom. The van der Waals surface area contributed by atoms with Crippen LogP contribution >= 0.6 is 11.6 Å². The summed E-state index contributed by atoms with van der Waals surface area (Å²) in [5.41, 5.74) is 1.58. The van der Waals surface area contributed by atoms with Crippen molar-refractivity contribution in [3.8, 4) is 23.0 Å². The third kappa shape index (κ3) is 3.79. The predicted molar refractivity (Wildman–Crippen MR) is 110 cm³/mol. The van der Waals surface area contributed by atoms with Crippen LogP contribution in [0.2, 0.25) is 5.02 Å². The number of aromatic nitrogens is 5. The molecule has 1 fully saturated rings. The highest BCUT2D eigenvalue weighted by Crippen LogP contribution is 2.27. The van der Waals surface area contributed by atoms with Crippen molar-refractivity contribution in [3.05, 3.63) is 71.1 Å². The lowest BCUT2D eigenvalue weighted by atomic mass is 10.2. The molecule has 2 aromatic heterocycles. The zero-order valence-electron chi connectivity index (χ0n) is 16.2. The number of rotatable bonds is 4. The summed E-state index contributed by atoms with van der Waals surface area (Å²) in [5, 5.41) is 12.4. The van der Waals surface area contributed by atoms with Crippen LogP contribution in [0, 0.1) is 5.82 Å². The summed E-state index contributed by atoms with van der Waals surface area (Å²) in [6.45, 7) is 0.972. The molecule has 4 aromatic rings. The second-order valence-electron chi connectivity index (χ2n) is 7.19. The summed E-state index contributed by atoms with van der Waals surface area (Å²) < 4.78 is 20.3. The number of hydrogen-bond donors (Lipinski definition) is 0. The molecular weight excluding hydrogens is 423 g/mol. The van der Waals surface area contributed by atoms with E-state index in [4.69, 9.17) is 16.1 Å². The van der Waals surface area contributed by atoms with Crippen LogP contribution in [0.1, 0.15) is 22.8 Å². The van der Waals surface area contributed by atoms with Gasteiger partial charge in [0.1, 0.15) is 5.82 Å². The van der Waals surface area contributed by atoms with Crippen LogP contribution in [0.5, 0.6) is 0 Å². The van der Waals surface area contributed by atoms with Crippen LogP contribution in [0.15, 0.2) is 59.3 Å². The van der Waals surface area contributed by atoms with Gasteiger partial charge in [-0.1, -0.05) is 52.3 Å². The summed E-state index contributed by atoms with van der Waals surface area (Å²) >= 11 is 6.04. The van der Waals surface area contributed by atoms with Crippen molar-refractivity contribution in [1.29, 1.82) is 0 Å². The minimum absolute atomic E-state index is 0.0547. The van der Waals surface area contributed by atoms with E-state index in [2.05, 4.69) is 20.5 Å². The molecule has 3 heterocycles. The Balaban J connectivity index is 1.30. The number of amides is 1. The summed E-state index contributed by atoms with van der Waals surface area (Å²) in [7, 11) is 0. The van der Waals surface area contributed by atoms with E-state index in [-0.39, 0.29) is 28.4 Å². The Bertz CT molecular complexity index is 1240. The van der Waals surface area contributed by atoms with E-state index in [1.807, 2.05) is 30.3 Å². The van der Waals surface area contributed by atoms with Crippen molar-refractivity contribution < 1.29 is 13.7 Å². The number of benzene rings is 2. The summed E-state index contributed by atoms with van der Waals surface area (Å²) in [5.74, 6) is 0.0257. The van der Waals surface area contributed by atoms with E-state index in [1.165, 1.54) is 12.1 Å². The molecule has 0 radical (unpaired) electrons. The third-order valence-electron chi connectivity index (χ3n) is 5.17.